The maximum absolute atomic E-state index is 4.96. The van der Waals surface area contributed by atoms with Gasteiger partial charge in [0.15, 0.2) is 0 Å². The van der Waals surface area contributed by atoms with Crippen LogP contribution in [0.25, 0.3) is 0 Å². The summed E-state index contributed by atoms with van der Waals surface area (Å²) in [6.45, 7) is 32.9. The SMILES string of the molecule is Cc1cc(C)n([Si](n2nc(C)cc2C)(n2nc(C)cc2C)n2nc(C)cc2C)n1.Cc1cc(C)n([Si](n2nc(C)cc2C)(n2nc(C)cc2C)n2nc(C)cc2C)n1. The van der Waals surface area contributed by atoms with E-state index in [4.69, 9.17) is 40.8 Å². The van der Waals surface area contributed by atoms with Gasteiger partial charge in [-0.15, -0.1) is 0 Å². The molecule has 8 aromatic heterocycles. The molecule has 0 aliphatic heterocycles. The van der Waals surface area contributed by atoms with Crippen LogP contribution in [0.2, 0.25) is 0 Å². The summed E-state index contributed by atoms with van der Waals surface area (Å²) in [7, 11) is -6.35. The molecule has 0 bridgehead atoms. The Balaban J connectivity index is 0.000000177. The zero-order chi connectivity index (χ0) is 42.2. The molecule has 0 saturated carbocycles. The molecule has 8 aromatic rings. The molecule has 16 nitrogen and oxygen atoms in total. The van der Waals surface area contributed by atoms with Gasteiger partial charge >= 0.3 is 17.4 Å². The average Bonchev–Trinajstić information content (AvgIpc) is 4.01. The molecule has 0 unspecified atom stereocenters. The van der Waals surface area contributed by atoms with Crippen molar-refractivity contribution in [2.45, 2.75) is 111 Å². The van der Waals surface area contributed by atoms with E-state index < -0.39 is 17.4 Å². The van der Waals surface area contributed by atoms with Crippen LogP contribution in [0.3, 0.4) is 0 Å². The highest BCUT2D eigenvalue weighted by Crippen LogP contribution is 2.26. The molecule has 0 aromatic carbocycles. The lowest BCUT2D eigenvalue weighted by molar-refractivity contribution is 0.621. The minimum atomic E-state index is -3.17. The normalized spacial score (nSPS) is 12.1. The average molecular weight is 817 g/mol. The van der Waals surface area contributed by atoms with Crippen molar-refractivity contribution in [1.29, 1.82) is 0 Å². The summed E-state index contributed by atoms with van der Waals surface area (Å²) in [5.41, 5.74) is 16.2. The molecule has 58 heavy (non-hydrogen) atoms. The first kappa shape index (κ1) is 40.3. The molecule has 0 aliphatic carbocycles. The number of nitrogens with zero attached hydrogens (tertiary/aromatic N) is 16. The van der Waals surface area contributed by atoms with E-state index >= 15 is 0 Å². The Hall–Kier alpha value is -5.89. The van der Waals surface area contributed by atoms with Crippen molar-refractivity contribution in [3.05, 3.63) is 140 Å². The van der Waals surface area contributed by atoms with Gasteiger partial charge in [-0.05, 0) is 159 Å². The minimum absolute atomic E-state index is 0.962. The first-order valence-corrected chi connectivity index (χ1v) is 23.2. The number of hydrogen-bond donors (Lipinski definition) is 0. The Morgan fingerprint density at radius 3 is 0.397 bits per heavy atom. The summed E-state index contributed by atoms with van der Waals surface area (Å²) >= 11 is 0. The van der Waals surface area contributed by atoms with E-state index in [2.05, 4.69) is 139 Å². The number of rotatable bonds is 8. The quantitative estimate of drug-likeness (QED) is 0.177. The van der Waals surface area contributed by atoms with Gasteiger partial charge in [-0.3, -0.25) is 0 Å². The van der Waals surface area contributed by atoms with Crippen LogP contribution in [0.15, 0.2) is 48.5 Å². The maximum atomic E-state index is 4.96. The van der Waals surface area contributed by atoms with Gasteiger partial charge in [0.1, 0.15) is 0 Å². The molecular formula is C40H56N16Si2. The van der Waals surface area contributed by atoms with Crippen molar-refractivity contribution >= 4 is 17.4 Å². The summed E-state index contributed by atoms with van der Waals surface area (Å²) in [4.78, 5) is 0. The summed E-state index contributed by atoms with van der Waals surface area (Å²) in [5, 5.41) is 39.7. The lowest BCUT2D eigenvalue weighted by Gasteiger charge is -2.34. The molecule has 0 aliphatic rings. The third kappa shape index (κ3) is 6.34. The highest BCUT2D eigenvalue weighted by molar-refractivity contribution is 6.73. The fourth-order valence-corrected chi connectivity index (χ4v) is 17.3. The van der Waals surface area contributed by atoms with E-state index in [1.807, 2.05) is 55.4 Å². The van der Waals surface area contributed by atoms with Gasteiger partial charge in [-0.1, -0.05) is 0 Å². The van der Waals surface area contributed by atoms with Crippen molar-refractivity contribution in [3.63, 3.8) is 0 Å². The molecule has 0 fully saturated rings. The van der Waals surface area contributed by atoms with Gasteiger partial charge in [0.05, 0.1) is 45.6 Å². The van der Waals surface area contributed by atoms with Crippen LogP contribution in [0, 0.1) is 111 Å². The Labute approximate surface area is 342 Å². The first-order chi connectivity index (χ1) is 27.3. The summed E-state index contributed by atoms with van der Waals surface area (Å²) in [5.74, 6) is 0. The fraction of sp³-hybridized carbons (Fsp3) is 0.400. The molecule has 0 atom stereocenters. The monoisotopic (exact) mass is 816 g/mol. The second-order valence-corrected chi connectivity index (χ2v) is 21.7. The highest BCUT2D eigenvalue weighted by atomic mass is 28.4. The standard InChI is InChI=1S/2C20H28N8Si/c2*1-13-9-17(5)25(21-13)29(26-18(6)10-14(2)22-26,27-19(7)11-15(3)23-27)28-20(8)12-16(4)24-28/h2*9-12H,1-8H3. The molecule has 0 radical (unpaired) electrons. The van der Waals surface area contributed by atoms with E-state index in [0.29, 0.717) is 0 Å². The Kier molecular flexibility index (Phi) is 10.1. The van der Waals surface area contributed by atoms with E-state index in [-0.39, 0.29) is 0 Å². The van der Waals surface area contributed by atoms with Crippen LogP contribution in [-0.2, 0) is 0 Å². The van der Waals surface area contributed by atoms with E-state index in [0.717, 1.165) is 91.1 Å². The Bertz CT molecular complexity index is 2220. The molecule has 8 heterocycles. The topological polar surface area (TPSA) is 143 Å². The highest BCUT2D eigenvalue weighted by Gasteiger charge is 2.55. The van der Waals surface area contributed by atoms with Crippen LogP contribution >= 0.6 is 0 Å². The van der Waals surface area contributed by atoms with Crippen molar-refractivity contribution in [2.24, 2.45) is 0 Å². The predicted molar refractivity (Wildman–Crippen MR) is 228 cm³/mol. The maximum Gasteiger partial charge on any atom is 0.586 e. The zero-order valence-electron chi connectivity index (χ0n) is 36.8. The Morgan fingerprint density at radius 2 is 0.328 bits per heavy atom. The van der Waals surface area contributed by atoms with Crippen LogP contribution in [0.4, 0.5) is 0 Å². The van der Waals surface area contributed by atoms with Crippen LogP contribution in [-0.4, -0.2) is 93.0 Å². The molecule has 0 spiro atoms. The lowest BCUT2D eigenvalue weighted by Crippen LogP contribution is -2.67. The lowest BCUT2D eigenvalue weighted by atomic mass is 10.4. The molecule has 304 valence electrons. The van der Waals surface area contributed by atoms with Gasteiger partial charge in [0.2, 0.25) is 0 Å². The van der Waals surface area contributed by atoms with Crippen molar-refractivity contribution in [3.8, 4) is 0 Å². The third-order valence-corrected chi connectivity index (χ3v) is 18.5. The zero-order valence-corrected chi connectivity index (χ0v) is 38.8. The first-order valence-electron chi connectivity index (χ1n) is 19.6. The molecule has 0 saturated heterocycles. The smallest absolute Gasteiger partial charge is 0.236 e. The summed E-state index contributed by atoms with van der Waals surface area (Å²) in [6.07, 6.45) is 0. The van der Waals surface area contributed by atoms with Crippen molar-refractivity contribution in [2.75, 3.05) is 0 Å². The third-order valence-electron chi connectivity index (χ3n) is 10.4. The Morgan fingerprint density at radius 1 is 0.224 bits per heavy atom. The molecular weight excluding hydrogens is 761 g/mol. The molecule has 18 heteroatoms. The van der Waals surface area contributed by atoms with Gasteiger partial charge in [0, 0.05) is 45.6 Å². The summed E-state index contributed by atoms with van der Waals surface area (Å²) < 4.78 is 16.9. The molecule has 0 amide bonds. The van der Waals surface area contributed by atoms with Crippen molar-refractivity contribution in [1.82, 2.24) is 75.6 Å². The van der Waals surface area contributed by atoms with Crippen molar-refractivity contribution < 1.29 is 0 Å². The number of aryl methyl sites for hydroxylation is 16. The van der Waals surface area contributed by atoms with Gasteiger partial charge < -0.3 is 0 Å². The van der Waals surface area contributed by atoms with Crippen LogP contribution < -0.4 is 0 Å². The predicted octanol–water partition coefficient (Wildman–Crippen LogP) is 5.74. The van der Waals surface area contributed by atoms with Gasteiger partial charge in [0.25, 0.3) is 0 Å². The number of hydrogen-bond acceptors (Lipinski definition) is 8. The molecule has 8 rings (SSSR count). The summed E-state index contributed by atoms with van der Waals surface area (Å²) in [6, 6.07) is 16.8. The fourth-order valence-electron chi connectivity index (χ4n) is 8.54. The minimum Gasteiger partial charge on any atom is -0.236 e. The second-order valence-electron chi connectivity index (χ2n) is 15.9. The van der Waals surface area contributed by atoms with E-state index in [1.54, 1.807) is 0 Å². The van der Waals surface area contributed by atoms with E-state index in [9.17, 15) is 0 Å². The molecule has 0 N–H and O–H groups in total. The largest absolute Gasteiger partial charge is 0.586 e. The van der Waals surface area contributed by atoms with Gasteiger partial charge in [-0.25, -0.2) is 34.8 Å². The van der Waals surface area contributed by atoms with Gasteiger partial charge in [-0.2, -0.15) is 40.8 Å². The van der Waals surface area contributed by atoms with Crippen LogP contribution in [0.1, 0.15) is 91.1 Å². The number of aromatic nitrogens is 16. The van der Waals surface area contributed by atoms with Crippen LogP contribution in [0.5, 0.6) is 0 Å². The second kappa shape index (κ2) is 14.5. The van der Waals surface area contributed by atoms with E-state index in [1.165, 1.54) is 0 Å².